The summed E-state index contributed by atoms with van der Waals surface area (Å²) < 4.78 is 0. The molecule has 6 heteroatoms. The van der Waals surface area contributed by atoms with Gasteiger partial charge in [-0.25, -0.2) is 0 Å². The average molecular weight is 490 g/mol. The van der Waals surface area contributed by atoms with Crippen LogP contribution in [-0.4, -0.2) is 40.1 Å². The molecule has 1 heterocycles. The predicted molar refractivity (Wildman–Crippen MR) is 116 cm³/mol. The Kier molecular flexibility index (Phi) is 15.4. The van der Waals surface area contributed by atoms with Crippen LogP contribution >= 0.6 is 17.6 Å². The summed E-state index contributed by atoms with van der Waals surface area (Å²) in [6.45, 7) is 25.2. The van der Waals surface area contributed by atoms with Crippen LogP contribution in [0.25, 0.3) is 0 Å². The third-order valence-electron chi connectivity index (χ3n) is 4.31. The van der Waals surface area contributed by atoms with Crippen molar-refractivity contribution in [3.05, 3.63) is 29.6 Å². The number of carbonyl (C=O) groups excluding carboxylic acids is 1. The molecule has 0 fully saturated rings. The van der Waals surface area contributed by atoms with Gasteiger partial charge in [-0.05, 0) is 66.8 Å². The molecule has 0 aliphatic heterocycles. The second-order valence-electron chi connectivity index (χ2n) is 8.24. The van der Waals surface area contributed by atoms with Gasteiger partial charge >= 0.3 is 27.0 Å². The third kappa shape index (κ3) is 11.1. The van der Waals surface area contributed by atoms with Gasteiger partial charge in [-0.1, -0.05) is 19.9 Å². The first kappa shape index (κ1) is 28.3. The van der Waals surface area contributed by atoms with E-state index in [0.717, 1.165) is 25.8 Å². The molecule has 26 heavy (non-hydrogen) atoms. The first-order valence-corrected chi connectivity index (χ1v) is 13.1. The molecule has 1 rings (SSSR count). The Hall–Kier alpha value is 0.123. The van der Waals surface area contributed by atoms with Gasteiger partial charge in [0.1, 0.15) is 0 Å². The fourth-order valence-electron chi connectivity index (χ4n) is 3.23. The molecule has 0 spiro atoms. The van der Waals surface area contributed by atoms with Crippen LogP contribution in [0.1, 0.15) is 66.8 Å². The van der Waals surface area contributed by atoms with Crippen LogP contribution in [0.5, 0.6) is 0 Å². The molecule has 0 aliphatic rings. The fourth-order valence-corrected chi connectivity index (χ4v) is 7.10. The summed E-state index contributed by atoms with van der Waals surface area (Å²) in [5.74, 6) is 0. The zero-order valence-electron chi connectivity index (χ0n) is 17.7. The van der Waals surface area contributed by atoms with Crippen molar-refractivity contribution in [3.8, 4) is 0 Å². The summed E-state index contributed by atoms with van der Waals surface area (Å²) in [6.07, 6.45) is 1.16. The molecular formula is C20H38ClN2OPRu+2. The zero-order valence-corrected chi connectivity index (χ0v) is 21.3. The Morgan fingerprint density at radius 3 is 1.81 bits per heavy atom. The van der Waals surface area contributed by atoms with Crippen LogP contribution < -0.4 is 0 Å². The molecule has 0 unspecified atom stereocenters. The van der Waals surface area contributed by atoms with E-state index in [1.54, 1.807) is 17.3 Å². The van der Waals surface area contributed by atoms with Gasteiger partial charge in [-0.15, -0.1) is 0 Å². The number of hydrogen-bond donors (Lipinski definition) is 0. The molecular weight excluding hydrogens is 452 g/mol. The number of rotatable bonds is 6. The molecule has 0 N–H and O–H groups in total. The van der Waals surface area contributed by atoms with Crippen LogP contribution in [0.2, 0.25) is 0 Å². The summed E-state index contributed by atoms with van der Waals surface area (Å²) >= 11 is 1.62. The normalized spacial score (nSPS) is 11.5. The van der Waals surface area contributed by atoms with Crippen LogP contribution in [0.4, 0.5) is 0 Å². The molecule has 1 aromatic heterocycles. The van der Waals surface area contributed by atoms with Crippen LogP contribution in [0.15, 0.2) is 18.2 Å². The van der Waals surface area contributed by atoms with Crippen molar-refractivity contribution in [2.24, 2.45) is 0 Å². The van der Waals surface area contributed by atoms with E-state index in [1.165, 1.54) is 11.4 Å². The Bertz CT molecular complexity index is 471. The molecule has 0 aromatic carbocycles. The van der Waals surface area contributed by atoms with Gasteiger partial charge in [-0.2, -0.15) is 0 Å². The quantitative estimate of drug-likeness (QED) is 0.233. The van der Waals surface area contributed by atoms with E-state index < -0.39 is 7.92 Å². The van der Waals surface area contributed by atoms with E-state index >= 15 is 0 Å². The average Bonchev–Trinajstić information content (AvgIpc) is 2.59. The Labute approximate surface area is 177 Å². The Morgan fingerprint density at radius 2 is 1.42 bits per heavy atom. The standard InChI is InChI=1S/C19H35N2P.CHO.ClH.Ru.H/c1-9-21(10-2)14-16-12-11-13-17(20-16)15-22(18(3,4)5)19(6,7)8;1-2;;;/h11-13H,9-10,14-15H2,1-8H3;1H;1H;;/q;-1;;+3;. The molecule has 0 bridgehead atoms. The van der Waals surface area contributed by atoms with Crippen molar-refractivity contribution in [1.82, 2.24) is 9.88 Å². The van der Waals surface area contributed by atoms with Crippen molar-refractivity contribution in [2.75, 3.05) is 13.1 Å². The first-order chi connectivity index (χ1) is 12.1. The number of pyridine rings is 1. The van der Waals surface area contributed by atoms with E-state index in [2.05, 4.69) is 95.0 Å². The monoisotopic (exact) mass is 490 g/mol. The maximum atomic E-state index is 7.75. The number of aromatic nitrogens is 1. The van der Waals surface area contributed by atoms with Crippen LogP contribution in [-0.2, 0) is 34.8 Å². The van der Waals surface area contributed by atoms with Gasteiger partial charge in [0.05, 0.1) is 27.9 Å². The van der Waals surface area contributed by atoms with Gasteiger partial charge < -0.3 is 4.79 Å². The van der Waals surface area contributed by atoms with Gasteiger partial charge in [0.15, 0.2) is 0 Å². The summed E-state index contributed by atoms with van der Waals surface area (Å²) in [5, 5.41) is 0.777. The molecule has 152 valence electrons. The third-order valence-corrected chi connectivity index (χ3v) is 8.65. The van der Waals surface area contributed by atoms with E-state index in [1.807, 2.05) is 0 Å². The van der Waals surface area contributed by atoms with E-state index in [-0.39, 0.29) is 0 Å². The first-order valence-electron chi connectivity index (χ1n) is 8.99. The zero-order chi connectivity index (χ0) is 21.0. The summed E-state index contributed by atoms with van der Waals surface area (Å²) in [6, 6.07) is 6.57. The minimum absolute atomic E-state index is 0.388. The van der Waals surface area contributed by atoms with Crippen LogP contribution in [0.3, 0.4) is 0 Å². The maximum absolute atomic E-state index is 7.75. The number of nitrogens with zero attached hydrogens (tertiary/aromatic N) is 2. The molecule has 0 atom stereocenters. The van der Waals surface area contributed by atoms with Crippen molar-refractivity contribution < 1.29 is 22.1 Å². The summed E-state index contributed by atoms with van der Waals surface area (Å²) in [7, 11) is 4.05. The van der Waals surface area contributed by atoms with Crippen molar-refractivity contribution >= 4 is 24.4 Å². The molecule has 0 aliphatic carbocycles. The number of halogens is 1. The second-order valence-corrected chi connectivity index (χ2v) is 12.5. The SMILES string of the molecule is CCN(CC)Cc1cccc(C[PH+](C(C)(C)C)C(C)(C)C)n1.[CH-]=O.[Cl][RuH+2]. The Balaban J connectivity index is 0. The van der Waals surface area contributed by atoms with E-state index in [9.17, 15) is 0 Å². The topological polar surface area (TPSA) is 33.2 Å². The van der Waals surface area contributed by atoms with Crippen molar-refractivity contribution in [1.29, 1.82) is 0 Å². The molecule has 0 saturated heterocycles. The predicted octanol–water partition coefficient (Wildman–Crippen LogP) is 5.38. The molecule has 3 nitrogen and oxygen atoms in total. The molecule has 0 radical (unpaired) electrons. The van der Waals surface area contributed by atoms with Gasteiger partial charge in [0.25, 0.3) is 0 Å². The van der Waals surface area contributed by atoms with Crippen LogP contribution in [0, 0.1) is 0 Å². The van der Waals surface area contributed by atoms with Crippen molar-refractivity contribution in [2.45, 2.75) is 78.4 Å². The van der Waals surface area contributed by atoms with Crippen molar-refractivity contribution in [3.63, 3.8) is 0 Å². The minimum atomic E-state index is -0.559. The number of hydrogen-bond acceptors (Lipinski definition) is 3. The Morgan fingerprint density at radius 1 is 1.00 bits per heavy atom. The molecule has 0 amide bonds. The second kappa shape index (κ2) is 14.2. The van der Waals surface area contributed by atoms with Gasteiger partial charge in [0, 0.05) is 14.5 Å². The molecule has 0 saturated carbocycles. The van der Waals surface area contributed by atoms with E-state index in [0.29, 0.717) is 10.3 Å². The summed E-state index contributed by atoms with van der Waals surface area (Å²) in [5.41, 5.74) is 2.49. The fraction of sp³-hybridized carbons (Fsp3) is 0.700. The van der Waals surface area contributed by atoms with Gasteiger partial charge in [-0.3, -0.25) is 16.7 Å². The summed E-state index contributed by atoms with van der Waals surface area (Å²) in [4.78, 5) is 15.1. The van der Waals surface area contributed by atoms with Gasteiger partial charge in [0.2, 0.25) is 0 Å². The van der Waals surface area contributed by atoms with E-state index in [4.69, 9.17) is 9.78 Å². The molecule has 1 aromatic rings.